The van der Waals surface area contributed by atoms with Crippen molar-refractivity contribution in [3.63, 3.8) is 0 Å². The monoisotopic (exact) mass is 416 g/mol. The van der Waals surface area contributed by atoms with E-state index in [0.29, 0.717) is 12.8 Å². The molecule has 4 atom stereocenters. The molecule has 0 fully saturated rings. The molecule has 3 N–H and O–H groups in total. The Hall–Kier alpha value is -2.21. The van der Waals surface area contributed by atoms with Gasteiger partial charge >= 0.3 is 5.97 Å². The minimum atomic E-state index is -0.704. The van der Waals surface area contributed by atoms with Gasteiger partial charge in [0.05, 0.1) is 18.3 Å². The third-order valence-corrected chi connectivity index (χ3v) is 4.57. The fourth-order valence-corrected chi connectivity index (χ4v) is 2.85. The van der Waals surface area contributed by atoms with Gasteiger partial charge in [-0.2, -0.15) is 0 Å². The fraction of sp³-hybridized carbons (Fsp3) is 0.480. The lowest BCUT2D eigenvalue weighted by atomic mass is 10.1. The van der Waals surface area contributed by atoms with Gasteiger partial charge in [-0.25, -0.2) is 4.79 Å². The first-order valence-electron chi connectivity index (χ1n) is 10.8. The van der Waals surface area contributed by atoms with E-state index in [9.17, 15) is 20.1 Å². The highest BCUT2D eigenvalue weighted by Gasteiger charge is 2.10. The van der Waals surface area contributed by atoms with Crippen LogP contribution in [0.3, 0.4) is 0 Å². The van der Waals surface area contributed by atoms with Crippen molar-refractivity contribution in [1.82, 2.24) is 0 Å². The minimum absolute atomic E-state index is 0.107. The number of ether oxygens (including phenoxy) is 1. The van der Waals surface area contributed by atoms with E-state index in [-0.39, 0.29) is 18.5 Å². The van der Waals surface area contributed by atoms with Crippen molar-refractivity contribution >= 4 is 5.97 Å². The molecule has 1 aliphatic rings. The van der Waals surface area contributed by atoms with Gasteiger partial charge in [-0.1, -0.05) is 73.8 Å². The first-order chi connectivity index (χ1) is 14.5. The molecule has 0 aromatic rings. The van der Waals surface area contributed by atoms with Crippen LogP contribution in [0, 0.1) is 0 Å². The van der Waals surface area contributed by atoms with E-state index in [0.717, 1.165) is 25.7 Å². The SMILES string of the molecule is CCC1CCCC=CC=CC(O)CC(O)CC=CC=CC(O)CC=CC=CC(=O)O1. The molecular weight excluding hydrogens is 380 g/mol. The second-order valence-corrected chi connectivity index (χ2v) is 7.31. The number of hydrogen-bond acceptors (Lipinski definition) is 5. The van der Waals surface area contributed by atoms with Crippen LogP contribution in [0.2, 0.25) is 0 Å². The van der Waals surface area contributed by atoms with Crippen molar-refractivity contribution in [2.24, 2.45) is 0 Å². The third-order valence-electron chi connectivity index (χ3n) is 4.57. The molecule has 1 heterocycles. The average Bonchev–Trinajstić information content (AvgIpc) is 2.70. The zero-order valence-corrected chi connectivity index (χ0v) is 17.8. The summed E-state index contributed by atoms with van der Waals surface area (Å²) in [4.78, 5) is 11.9. The largest absolute Gasteiger partial charge is 0.459 e. The second-order valence-electron chi connectivity index (χ2n) is 7.31. The lowest BCUT2D eigenvalue weighted by Crippen LogP contribution is -2.15. The molecule has 0 amide bonds. The van der Waals surface area contributed by atoms with E-state index in [2.05, 4.69) is 0 Å². The van der Waals surface area contributed by atoms with Crippen LogP contribution in [0.4, 0.5) is 0 Å². The van der Waals surface area contributed by atoms with Gasteiger partial charge in [0.25, 0.3) is 0 Å². The minimum Gasteiger partial charge on any atom is -0.459 e. The van der Waals surface area contributed by atoms with Gasteiger partial charge in [0.15, 0.2) is 0 Å². The van der Waals surface area contributed by atoms with E-state index >= 15 is 0 Å². The molecule has 0 aliphatic carbocycles. The van der Waals surface area contributed by atoms with Gasteiger partial charge in [-0.05, 0) is 38.5 Å². The van der Waals surface area contributed by atoms with Crippen molar-refractivity contribution in [1.29, 1.82) is 0 Å². The number of allylic oxidation sites excluding steroid dienone is 7. The van der Waals surface area contributed by atoms with Crippen LogP contribution in [0.5, 0.6) is 0 Å². The van der Waals surface area contributed by atoms with Gasteiger partial charge in [-0.15, -0.1) is 0 Å². The Balaban J connectivity index is 2.70. The summed E-state index contributed by atoms with van der Waals surface area (Å²) < 4.78 is 5.46. The van der Waals surface area contributed by atoms with Gasteiger partial charge < -0.3 is 20.1 Å². The lowest BCUT2D eigenvalue weighted by Gasteiger charge is -2.14. The molecule has 0 spiro atoms. The summed E-state index contributed by atoms with van der Waals surface area (Å²) >= 11 is 0. The molecule has 0 aromatic carbocycles. The number of esters is 1. The van der Waals surface area contributed by atoms with E-state index in [4.69, 9.17) is 4.74 Å². The Morgan fingerprint density at radius 3 is 2.33 bits per heavy atom. The Kier molecular flexibility index (Phi) is 14.3. The summed E-state index contributed by atoms with van der Waals surface area (Å²) in [6.07, 6.45) is 23.2. The topological polar surface area (TPSA) is 87.0 Å². The summed E-state index contributed by atoms with van der Waals surface area (Å²) in [5, 5.41) is 29.8. The van der Waals surface area contributed by atoms with Crippen LogP contribution < -0.4 is 0 Å². The zero-order chi connectivity index (χ0) is 22.0. The van der Waals surface area contributed by atoms with Crippen LogP contribution >= 0.6 is 0 Å². The molecule has 5 nitrogen and oxygen atoms in total. The van der Waals surface area contributed by atoms with Crippen molar-refractivity contribution < 1.29 is 24.9 Å². The van der Waals surface area contributed by atoms with Crippen LogP contribution in [0.1, 0.15) is 51.9 Å². The molecule has 0 radical (unpaired) electrons. The first-order valence-corrected chi connectivity index (χ1v) is 10.8. The van der Waals surface area contributed by atoms with Crippen molar-refractivity contribution in [2.45, 2.75) is 76.3 Å². The van der Waals surface area contributed by atoms with Gasteiger partial charge in [0.1, 0.15) is 6.10 Å². The second kappa shape index (κ2) is 16.6. The highest BCUT2D eigenvalue weighted by Crippen LogP contribution is 2.10. The van der Waals surface area contributed by atoms with Crippen molar-refractivity contribution in [3.05, 3.63) is 72.9 Å². The Labute approximate surface area is 180 Å². The van der Waals surface area contributed by atoms with Gasteiger partial charge in [0.2, 0.25) is 0 Å². The Bertz CT molecular complexity index is 642. The number of carbonyl (C=O) groups is 1. The third kappa shape index (κ3) is 13.9. The molecule has 1 rings (SSSR count). The number of cyclic esters (lactones) is 1. The van der Waals surface area contributed by atoms with Crippen LogP contribution in [-0.2, 0) is 9.53 Å². The standard InChI is InChI=1S/C25H36O5/c1-2-24-18-12-5-3-4-8-16-22(27)20-23(28)17-11-6-9-14-21(26)15-10-7-13-19-25(29)30-24/h3-4,6-11,13-14,16,19,21-24,26-28H,2,5,12,15,17-18,20H2,1H3. The number of rotatable bonds is 1. The van der Waals surface area contributed by atoms with E-state index in [1.165, 1.54) is 6.08 Å². The fourth-order valence-electron chi connectivity index (χ4n) is 2.85. The quantitative estimate of drug-likeness (QED) is 0.561. The predicted octanol–water partition coefficient (Wildman–Crippen LogP) is 4.08. The Morgan fingerprint density at radius 1 is 0.900 bits per heavy atom. The van der Waals surface area contributed by atoms with Crippen molar-refractivity contribution in [3.8, 4) is 0 Å². The first kappa shape index (κ1) is 25.8. The maximum atomic E-state index is 11.9. The lowest BCUT2D eigenvalue weighted by molar-refractivity contribution is -0.143. The molecule has 166 valence electrons. The van der Waals surface area contributed by atoms with Crippen LogP contribution in [0.25, 0.3) is 0 Å². The summed E-state index contributed by atoms with van der Waals surface area (Å²) in [5.41, 5.74) is 0. The summed E-state index contributed by atoms with van der Waals surface area (Å²) in [6, 6.07) is 0. The van der Waals surface area contributed by atoms with E-state index in [1.54, 1.807) is 54.7 Å². The van der Waals surface area contributed by atoms with Crippen LogP contribution in [-0.4, -0.2) is 45.7 Å². The van der Waals surface area contributed by atoms with E-state index in [1.807, 2.05) is 19.1 Å². The maximum Gasteiger partial charge on any atom is 0.331 e. The zero-order valence-electron chi connectivity index (χ0n) is 17.8. The maximum absolute atomic E-state index is 11.9. The number of aliphatic hydroxyl groups excluding tert-OH is 3. The summed E-state index contributed by atoms with van der Waals surface area (Å²) in [7, 11) is 0. The summed E-state index contributed by atoms with van der Waals surface area (Å²) in [6.45, 7) is 1.99. The number of aliphatic hydroxyl groups is 3. The normalized spacial score (nSPS) is 28.2. The molecule has 0 aromatic heterocycles. The van der Waals surface area contributed by atoms with E-state index < -0.39 is 18.3 Å². The molecular formula is C25H36O5. The highest BCUT2D eigenvalue weighted by atomic mass is 16.5. The van der Waals surface area contributed by atoms with Crippen LogP contribution in [0.15, 0.2) is 72.9 Å². The Morgan fingerprint density at radius 2 is 1.57 bits per heavy atom. The van der Waals surface area contributed by atoms with Gasteiger partial charge in [0, 0.05) is 12.5 Å². The molecule has 0 saturated carbocycles. The molecule has 4 unspecified atom stereocenters. The summed E-state index contributed by atoms with van der Waals surface area (Å²) in [5.74, 6) is -0.360. The predicted molar refractivity (Wildman–Crippen MR) is 121 cm³/mol. The highest BCUT2D eigenvalue weighted by molar-refractivity contribution is 5.82. The molecule has 1 aliphatic heterocycles. The molecule has 5 heteroatoms. The average molecular weight is 417 g/mol. The van der Waals surface area contributed by atoms with Crippen molar-refractivity contribution in [2.75, 3.05) is 0 Å². The van der Waals surface area contributed by atoms with Gasteiger partial charge in [-0.3, -0.25) is 0 Å². The molecule has 0 bridgehead atoms. The molecule has 0 saturated heterocycles. The number of hydrogen-bond donors (Lipinski definition) is 3. The smallest absolute Gasteiger partial charge is 0.331 e. The number of carbonyl (C=O) groups excluding carboxylic acids is 1. The molecule has 30 heavy (non-hydrogen) atoms.